The quantitative estimate of drug-likeness (QED) is 0.520. The Bertz CT molecular complexity index is 905. The second kappa shape index (κ2) is 5.47. The molecule has 0 atom stereocenters. The molecule has 1 aliphatic rings. The first-order valence-electron chi connectivity index (χ1n) is 7.14. The first kappa shape index (κ1) is 13.4. The normalized spacial score (nSPS) is 14.9. The van der Waals surface area contributed by atoms with Crippen LogP contribution >= 0.6 is 15.9 Å². The molecule has 3 aromatic carbocycles. The van der Waals surface area contributed by atoms with Gasteiger partial charge in [0.2, 0.25) is 0 Å². The highest BCUT2D eigenvalue weighted by molar-refractivity contribution is 9.10. The fraction of sp³-hybridized carbons (Fsp3) is 0. The predicted octanol–water partition coefficient (Wildman–Crippen LogP) is 6.05. The molecule has 0 aliphatic carbocycles. The van der Waals surface area contributed by atoms with Crippen molar-refractivity contribution in [3.8, 4) is 5.75 Å². The van der Waals surface area contributed by atoms with Crippen molar-refractivity contribution in [3.63, 3.8) is 0 Å². The van der Waals surface area contributed by atoms with Gasteiger partial charge in [-0.3, -0.25) is 0 Å². The molecule has 0 saturated heterocycles. The maximum Gasteiger partial charge on any atom is 0.134 e. The summed E-state index contributed by atoms with van der Waals surface area (Å²) in [4.78, 5) is 0. The summed E-state index contributed by atoms with van der Waals surface area (Å²) in [6, 6.07) is 20.9. The Morgan fingerprint density at radius 2 is 1.68 bits per heavy atom. The van der Waals surface area contributed by atoms with Crippen molar-refractivity contribution in [2.24, 2.45) is 0 Å². The van der Waals surface area contributed by atoms with Crippen molar-refractivity contribution >= 4 is 38.4 Å². The van der Waals surface area contributed by atoms with Crippen LogP contribution in [0.3, 0.4) is 0 Å². The topological polar surface area (TPSA) is 9.23 Å². The number of hydrogen-bond donors (Lipinski definition) is 0. The van der Waals surface area contributed by atoms with Crippen LogP contribution in [0.2, 0.25) is 0 Å². The van der Waals surface area contributed by atoms with Gasteiger partial charge in [-0.25, -0.2) is 0 Å². The zero-order valence-electron chi connectivity index (χ0n) is 11.8. The van der Waals surface area contributed by atoms with Gasteiger partial charge in [-0.2, -0.15) is 0 Å². The van der Waals surface area contributed by atoms with E-state index in [1.54, 1.807) is 6.26 Å². The van der Waals surface area contributed by atoms with Crippen LogP contribution in [0, 0.1) is 0 Å². The molecular weight excluding hydrogens is 336 g/mol. The summed E-state index contributed by atoms with van der Waals surface area (Å²) in [6.45, 7) is 0. The lowest BCUT2D eigenvalue weighted by Crippen LogP contribution is -1.97. The number of benzene rings is 3. The van der Waals surface area contributed by atoms with Crippen LogP contribution in [0.25, 0.3) is 22.4 Å². The molecule has 0 fully saturated rings. The highest BCUT2D eigenvalue weighted by Crippen LogP contribution is 2.38. The summed E-state index contributed by atoms with van der Waals surface area (Å²) >= 11 is 3.47. The van der Waals surface area contributed by atoms with Crippen LogP contribution in [0.5, 0.6) is 5.75 Å². The van der Waals surface area contributed by atoms with Crippen molar-refractivity contribution in [3.05, 3.63) is 88.6 Å². The molecule has 0 amide bonds. The Labute approximate surface area is 137 Å². The van der Waals surface area contributed by atoms with Crippen LogP contribution in [0.4, 0.5) is 0 Å². The smallest absolute Gasteiger partial charge is 0.134 e. The third-order valence-corrected chi connectivity index (χ3v) is 4.34. The Hall–Kier alpha value is -2.32. The Morgan fingerprint density at radius 1 is 0.864 bits per heavy atom. The molecule has 0 N–H and O–H groups in total. The van der Waals surface area contributed by atoms with Crippen molar-refractivity contribution in [2.75, 3.05) is 0 Å². The number of hydrogen-bond acceptors (Lipinski definition) is 1. The SMILES string of the molecule is Brc1ccc(C=C2C=COc3ccc4ccccc4c32)cc1. The average molecular weight is 349 g/mol. The molecule has 0 radical (unpaired) electrons. The van der Waals surface area contributed by atoms with E-state index in [0.717, 1.165) is 15.8 Å². The van der Waals surface area contributed by atoms with Crippen molar-refractivity contribution in [1.82, 2.24) is 0 Å². The molecule has 106 valence electrons. The van der Waals surface area contributed by atoms with Crippen LogP contribution in [-0.2, 0) is 0 Å². The predicted molar refractivity (Wildman–Crippen MR) is 95.7 cm³/mol. The van der Waals surface area contributed by atoms with Gasteiger partial charge in [-0.05, 0) is 52.3 Å². The monoisotopic (exact) mass is 348 g/mol. The number of rotatable bonds is 1. The van der Waals surface area contributed by atoms with Gasteiger partial charge >= 0.3 is 0 Å². The molecule has 2 heteroatoms. The highest BCUT2D eigenvalue weighted by Gasteiger charge is 2.14. The summed E-state index contributed by atoms with van der Waals surface area (Å²) < 4.78 is 6.78. The van der Waals surface area contributed by atoms with Gasteiger partial charge in [0, 0.05) is 10.0 Å². The molecule has 1 heterocycles. The van der Waals surface area contributed by atoms with E-state index in [0.29, 0.717) is 0 Å². The molecule has 1 aliphatic heterocycles. The second-order valence-corrected chi connectivity index (χ2v) is 6.15. The van der Waals surface area contributed by atoms with Crippen molar-refractivity contribution in [2.45, 2.75) is 0 Å². The standard InChI is InChI=1S/C20H13BrO/c21-17-8-5-14(6-9-17)13-16-11-12-22-19-10-7-15-3-1-2-4-18(15)20(16)19/h1-13H. The minimum atomic E-state index is 0.907. The van der Waals surface area contributed by atoms with E-state index >= 15 is 0 Å². The molecular formula is C20H13BrO. The zero-order valence-corrected chi connectivity index (χ0v) is 13.4. The summed E-state index contributed by atoms with van der Waals surface area (Å²) in [5.74, 6) is 0.907. The summed E-state index contributed by atoms with van der Waals surface area (Å²) in [7, 11) is 0. The maximum absolute atomic E-state index is 5.69. The molecule has 0 saturated carbocycles. The number of fused-ring (bicyclic) bond motifs is 3. The van der Waals surface area contributed by atoms with Crippen molar-refractivity contribution < 1.29 is 4.74 Å². The Kier molecular flexibility index (Phi) is 3.32. The van der Waals surface area contributed by atoms with E-state index in [1.807, 2.05) is 12.1 Å². The average Bonchev–Trinajstić information content (AvgIpc) is 2.57. The Balaban J connectivity index is 1.93. The van der Waals surface area contributed by atoms with Gasteiger partial charge in [0.05, 0.1) is 6.26 Å². The van der Waals surface area contributed by atoms with Gasteiger partial charge < -0.3 is 4.74 Å². The summed E-state index contributed by atoms with van der Waals surface area (Å²) in [6.07, 6.45) is 5.97. The number of halogens is 1. The lowest BCUT2D eigenvalue weighted by Gasteiger charge is -2.17. The van der Waals surface area contributed by atoms with Gasteiger partial charge in [-0.15, -0.1) is 0 Å². The molecule has 0 bridgehead atoms. The van der Waals surface area contributed by atoms with E-state index in [4.69, 9.17) is 4.74 Å². The molecule has 22 heavy (non-hydrogen) atoms. The molecule has 4 rings (SSSR count). The Morgan fingerprint density at radius 3 is 2.55 bits per heavy atom. The van der Waals surface area contributed by atoms with Crippen LogP contribution in [0.1, 0.15) is 11.1 Å². The molecule has 3 aromatic rings. The number of allylic oxidation sites excluding steroid dienone is 2. The minimum absolute atomic E-state index is 0.907. The molecule has 0 aromatic heterocycles. The van der Waals surface area contributed by atoms with E-state index in [9.17, 15) is 0 Å². The van der Waals surface area contributed by atoms with Gasteiger partial charge in [0.1, 0.15) is 5.75 Å². The molecule has 0 unspecified atom stereocenters. The van der Waals surface area contributed by atoms with Gasteiger partial charge in [0.15, 0.2) is 0 Å². The maximum atomic E-state index is 5.69. The summed E-state index contributed by atoms with van der Waals surface area (Å²) in [5.41, 5.74) is 3.49. The van der Waals surface area contributed by atoms with Crippen molar-refractivity contribution in [1.29, 1.82) is 0 Å². The van der Waals surface area contributed by atoms with E-state index in [2.05, 4.69) is 76.6 Å². The third-order valence-electron chi connectivity index (χ3n) is 3.81. The summed E-state index contributed by atoms with van der Waals surface area (Å²) in [5, 5.41) is 2.44. The van der Waals surface area contributed by atoms with E-state index in [-0.39, 0.29) is 0 Å². The molecule has 0 spiro atoms. The number of ether oxygens (including phenoxy) is 1. The first-order valence-corrected chi connectivity index (χ1v) is 7.93. The van der Waals surface area contributed by atoms with Crippen LogP contribution in [-0.4, -0.2) is 0 Å². The van der Waals surface area contributed by atoms with E-state index < -0.39 is 0 Å². The van der Waals surface area contributed by atoms with Crippen LogP contribution in [0.15, 0.2) is 77.5 Å². The fourth-order valence-corrected chi connectivity index (χ4v) is 3.03. The highest BCUT2D eigenvalue weighted by atomic mass is 79.9. The van der Waals surface area contributed by atoms with Gasteiger partial charge in [-0.1, -0.05) is 58.4 Å². The second-order valence-electron chi connectivity index (χ2n) is 5.23. The zero-order chi connectivity index (χ0) is 14.9. The van der Waals surface area contributed by atoms with Crippen LogP contribution < -0.4 is 4.74 Å². The van der Waals surface area contributed by atoms with E-state index in [1.165, 1.54) is 21.9 Å². The molecule has 1 nitrogen and oxygen atoms in total. The largest absolute Gasteiger partial charge is 0.464 e. The minimum Gasteiger partial charge on any atom is -0.464 e. The van der Waals surface area contributed by atoms with Gasteiger partial charge in [0.25, 0.3) is 0 Å². The lowest BCUT2D eigenvalue weighted by molar-refractivity contribution is 0.477. The lowest BCUT2D eigenvalue weighted by atomic mass is 9.94. The first-order chi connectivity index (χ1) is 10.8. The fourth-order valence-electron chi connectivity index (χ4n) is 2.77. The third kappa shape index (κ3) is 2.36.